The molecule has 8 heteroatoms. The molecule has 0 radical (unpaired) electrons. The maximum absolute atomic E-state index is 12.4. The molecule has 0 spiro atoms. The van der Waals surface area contributed by atoms with Crippen LogP contribution in [0.1, 0.15) is 33.6 Å². The number of carbonyl (C=O) groups is 1. The molecule has 1 fully saturated rings. The van der Waals surface area contributed by atoms with E-state index in [9.17, 15) is 9.59 Å². The van der Waals surface area contributed by atoms with Gasteiger partial charge in [-0.05, 0) is 45.7 Å². The van der Waals surface area contributed by atoms with Crippen LogP contribution in [-0.4, -0.2) is 50.3 Å². The van der Waals surface area contributed by atoms with Gasteiger partial charge in [-0.3, -0.25) is 14.3 Å². The van der Waals surface area contributed by atoms with E-state index in [0.29, 0.717) is 24.7 Å². The van der Waals surface area contributed by atoms with Crippen LogP contribution in [-0.2, 0) is 11.8 Å². The topological polar surface area (TPSA) is 89.3 Å². The first-order valence-corrected chi connectivity index (χ1v) is 9.46. The molecule has 0 aromatic carbocycles. The summed E-state index contributed by atoms with van der Waals surface area (Å²) in [6.45, 7) is 6.75. The number of nitrogens with zero attached hydrogens (tertiary/aromatic N) is 4. The number of carbonyl (C=O) groups excluding carboxylic acids is 1. The van der Waals surface area contributed by atoms with Gasteiger partial charge in [-0.1, -0.05) is 0 Å². The molecule has 2 aromatic rings. The number of ether oxygens (including phenoxy) is 1. The van der Waals surface area contributed by atoms with Crippen LogP contribution >= 0.6 is 0 Å². The van der Waals surface area contributed by atoms with Gasteiger partial charge in [0.15, 0.2) is 0 Å². The van der Waals surface area contributed by atoms with Gasteiger partial charge in [0.25, 0.3) is 5.56 Å². The number of rotatable bonds is 4. The molecule has 2 aromatic heterocycles. The zero-order valence-electron chi connectivity index (χ0n) is 16.8. The largest absolute Gasteiger partial charge is 0.444 e. The monoisotopic (exact) mass is 385 g/mol. The predicted molar refractivity (Wildman–Crippen MR) is 107 cm³/mol. The van der Waals surface area contributed by atoms with Crippen molar-refractivity contribution in [2.75, 3.05) is 18.4 Å². The quantitative estimate of drug-likeness (QED) is 0.870. The lowest BCUT2D eigenvalue weighted by molar-refractivity contribution is 0.0235. The average molecular weight is 385 g/mol. The van der Waals surface area contributed by atoms with Gasteiger partial charge in [-0.15, -0.1) is 0 Å². The maximum Gasteiger partial charge on any atom is 0.410 e. The Balaban J connectivity index is 1.74. The van der Waals surface area contributed by atoms with Crippen molar-refractivity contribution in [1.29, 1.82) is 0 Å². The van der Waals surface area contributed by atoms with E-state index < -0.39 is 5.60 Å². The summed E-state index contributed by atoms with van der Waals surface area (Å²) in [6, 6.07) is 5.12. The van der Waals surface area contributed by atoms with E-state index in [0.717, 1.165) is 18.4 Å². The second kappa shape index (κ2) is 8.00. The first-order chi connectivity index (χ1) is 13.2. The summed E-state index contributed by atoms with van der Waals surface area (Å²) < 4.78 is 6.98. The molecule has 3 heterocycles. The summed E-state index contributed by atoms with van der Waals surface area (Å²) in [5.74, 6) is 0.468. The van der Waals surface area contributed by atoms with Crippen LogP contribution < -0.4 is 10.9 Å². The molecule has 0 bridgehead atoms. The highest BCUT2D eigenvalue weighted by Crippen LogP contribution is 2.21. The molecule has 150 valence electrons. The van der Waals surface area contributed by atoms with Crippen molar-refractivity contribution in [1.82, 2.24) is 19.4 Å². The Morgan fingerprint density at radius 3 is 2.71 bits per heavy atom. The molecule has 1 N–H and O–H groups in total. The van der Waals surface area contributed by atoms with E-state index >= 15 is 0 Å². The van der Waals surface area contributed by atoms with Crippen LogP contribution in [0.3, 0.4) is 0 Å². The molecule has 0 saturated carbocycles. The fourth-order valence-electron chi connectivity index (χ4n) is 3.19. The smallest absolute Gasteiger partial charge is 0.410 e. The summed E-state index contributed by atoms with van der Waals surface area (Å²) in [4.78, 5) is 35.1. The number of nitrogens with one attached hydrogen (secondary N) is 1. The van der Waals surface area contributed by atoms with Gasteiger partial charge in [-0.25, -0.2) is 9.78 Å². The van der Waals surface area contributed by atoms with Gasteiger partial charge < -0.3 is 15.0 Å². The van der Waals surface area contributed by atoms with E-state index in [1.807, 2.05) is 32.9 Å². The number of aromatic nitrogens is 3. The Hall–Kier alpha value is -2.90. The van der Waals surface area contributed by atoms with Gasteiger partial charge in [0, 0.05) is 44.2 Å². The summed E-state index contributed by atoms with van der Waals surface area (Å²) >= 11 is 0. The number of amides is 1. The summed E-state index contributed by atoms with van der Waals surface area (Å²) in [6.07, 6.45) is 4.83. The summed E-state index contributed by atoms with van der Waals surface area (Å²) in [7, 11) is 1.67. The standard InChI is InChI=1S/C20H27N5O3/c1-20(2,3)28-19(27)25-11-5-6-15(25)13-22-18-23-16(12-17(26)24(18)4)14-7-9-21-10-8-14/h7-10,12,15H,5-6,11,13H2,1-4H3,(H,22,23)/t15-/m1/s1. The molecule has 0 aliphatic carbocycles. The third-order valence-corrected chi connectivity index (χ3v) is 4.61. The second-order valence-corrected chi connectivity index (χ2v) is 7.95. The van der Waals surface area contributed by atoms with Gasteiger partial charge in [0.2, 0.25) is 5.95 Å². The van der Waals surface area contributed by atoms with Crippen molar-refractivity contribution in [3.05, 3.63) is 40.9 Å². The van der Waals surface area contributed by atoms with Crippen molar-refractivity contribution in [2.24, 2.45) is 7.05 Å². The number of anilines is 1. The molecular weight excluding hydrogens is 358 g/mol. The van der Waals surface area contributed by atoms with Crippen LogP contribution in [0, 0.1) is 0 Å². The fourth-order valence-corrected chi connectivity index (χ4v) is 3.19. The minimum absolute atomic E-state index is 0.00339. The number of pyridine rings is 1. The zero-order chi connectivity index (χ0) is 20.3. The molecule has 0 unspecified atom stereocenters. The minimum Gasteiger partial charge on any atom is -0.444 e. The maximum atomic E-state index is 12.4. The van der Waals surface area contributed by atoms with E-state index in [1.165, 1.54) is 10.6 Å². The fraction of sp³-hybridized carbons (Fsp3) is 0.500. The molecule has 1 amide bonds. The lowest BCUT2D eigenvalue weighted by Crippen LogP contribution is -2.43. The van der Waals surface area contributed by atoms with Crippen LogP contribution in [0.2, 0.25) is 0 Å². The van der Waals surface area contributed by atoms with Crippen LogP contribution in [0.5, 0.6) is 0 Å². The molecule has 1 atom stereocenters. The average Bonchev–Trinajstić information content (AvgIpc) is 3.11. The van der Waals surface area contributed by atoms with Crippen LogP contribution in [0.4, 0.5) is 10.7 Å². The highest BCUT2D eigenvalue weighted by Gasteiger charge is 2.32. The third-order valence-electron chi connectivity index (χ3n) is 4.61. The Morgan fingerprint density at radius 2 is 2.04 bits per heavy atom. The van der Waals surface area contributed by atoms with Crippen molar-refractivity contribution in [3.8, 4) is 11.3 Å². The van der Waals surface area contributed by atoms with Crippen LogP contribution in [0.25, 0.3) is 11.3 Å². The van der Waals surface area contributed by atoms with Crippen LogP contribution in [0.15, 0.2) is 35.4 Å². The SMILES string of the molecule is Cn1c(NC[C@H]2CCCN2C(=O)OC(C)(C)C)nc(-c2ccncc2)cc1=O. The first-order valence-electron chi connectivity index (χ1n) is 9.46. The number of hydrogen-bond donors (Lipinski definition) is 1. The Labute approximate surface area is 164 Å². The predicted octanol–water partition coefficient (Wildman–Crippen LogP) is 2.65. The Kier molecular flexibility index (Phi) is 5.67. The van der Waals surface area contributed by atoms with Crippen molar-refractivity contribution >= 4 is 12.0 Å². The zero-order valence-corrected chi connectivity index (χ0v) is 16.8. The van der Waals surface area contributed by atoms with E-state index in [2.05, 4.69) is 15.3 Å². The molecule has 8 nitrogen and oxygen atoms in total. The molecule has 3 rings (SSSR count). The molecule has 1 saturated heterocycles. The van der Waals surface area contributed by atoms with E-state index in [1.54, 1.807) is 24.3 Å². The number of hydrogen-bond acceptors (Lipinski definition) is 6. The first kappa shape index (κ1) is 19.9. The van der Waals surface area contributed by atoms with Crippen molar-refractivity contribution in [2.45, 2.75) is 45.3 Å². The lowest BCUT2D eigenvalue weighted by Gasteiger charge is -2.29. The Bertz CT molecular complexity index is 889. The summed E-state index contributed by atoms with van der Waals surface area (Å²) in [5, 5.41) is 3.24. The molecule has 1 aliphatic heterocycles. The third kappa shape index (κ3) is 4.68. The van der Waals surface area contributed by atoms with Crippen molar-refractivity contribution < 1.29 is 9.53 Å². The summed E-state index contributed by atoms with van der Waals surface area (Å²) in [5.41, 5.74) is 0.734. The van der Waals surface area contributed by atoms with E-state index in [-0.39, 0.29) is 17.7 Å². The second-order valence-electron chi connectivity index (χ2n) is 7.95. The molecular formula is C20H27N5O3. The van der Waals surface area contributed by atoms with Gasteiger partial charge in [-0.2, -0.15) is 0 Å². The lowest BCUT2D eigenvalue weighted by atomic mass is 10.2. The number of likely N-dealkylation sites (tertiary alicyclic amines) is 1. The van der Waals surface area contributed by atoms with Gasteiger partial charge in [0.05, 0.1) is 11.7 Å². The Morgan fingerprint density at radius 1 is 1.32 bits per heavy atom. The van der Waals surface area contributed by atoms with E-state index in [4.69, 9.17) is 4.74 Å². The molecule has 1 aliphatic rings. The highest BCUT2D eigenvalue weighted by molar-refractivity contribution is 5.69. The normalized spacial score (nSPS) is 16.9. The highest BCUT2D eigenvalue weighted by atomic mass is 16.6. The molecule has 28 heavy (non-hydrogen) atoms. The van der Waals surface area contributed by atoms with Crippen molar-refractivity contribution in [3.63, 3.8) is 0 Å². The van der Waals surface area contributed by atoms with Gasteiger partial charge in [0.1, 0.15) is 5.60 Å². The minimum atomic E-state index is -0.526. The van der Waals surface area contributed by atoms with Gasteiger partial charge >= 0.3 is 6.09 Å².